The van der Waals surface area contributed by atoms with Gasteiger partial charge in [-0.2, -0.15) is 5.10 Å². The van der Waals surface area contributed by atoms with Gasteiger partial charge in [0.15, 0.2) is 0 Å². The van der Waals surface area contributed by atoms with Crippen LogP contribution in [0.2, 0.25) is 0 Å². The van der Waals surface area contributed by atoms with Crippen molar-refractivity contribution in [2.45, 2.75) is 6.54 Å². The van der Waals surface area contributed by atoms with E-state index in [1.54, 1.807) is 30.5 Å². The summed E-state index contributed by atoms with van der Waals surface area (Å²) in [5, 5.41) is 8.31. The van der Waals surface area contributed by atoms with Crippen LogP contribution in [0.15, 0.2) is 48.7 Å². The molecule has 6 nitrogen and oxygen atoms in total. The second-order valence-corrected chi connectivity index (χ2v) is 7.10. The van der Waals surface area contributed by atoms with E-state index in [1.165, 1.54) is 0 Å². The number of hydrogen-bond donors (Lipinski definition) is 2. The van der Waals surface area contributed by atoms with E-state index in [9.17, 15) is 4.39 Å². The predicted octanol–water partition coefficient (Wildman–Crippen LogP) is 3.97. The maximum Gasteiger partial charge on any atom is 0.220 e. The molecule has 0 aliphatic rings. The lowest BCUT2D eigenvalue weighted by Crippen LogP contribution is -2.10. The van der Waals surface area contributed by atoms with Gasteiger partial charge in [-0.25, -0.2) is 14.4 Å². The Morgan fingerprint density at radius 1 is 1.10 bits per heavy atom. The van der Waals surface area contributed by atoms with Crippen LogP contribution in [0, 0.1) is 5.82 Å². The fraction of sp³-hybridized carbons (Fsp3) is 0.136. The van der Waals surface area contributed by atoms with Crippen LogP contribution < -0.4 is 5.73 Å². The van der Waals surface area contributed by atoms with Gasteiger partial charge in [0.2, 0.25) is 5.95 Å². The smallest absolute Gasteiger partial charge is 0.220 e. The minimum atomic E-state index is -0.246. The third kappa shape index (κ3) is 4.14. The van der Waals surface area contributed by atoms with Crippen LogP contribution in [0.25, 0.3) is 34.3 Å². The number of nitrogen functional groups attached to an aromatic ring is 1. The Labute approximate surface area is 167 Å². The van der Waals surface area contributed by atoms with Crippen molar-refractivity contribution in [2.24, 2.45) is 0 Å². The third-order valence-corrected chi connectivity index (χ3v) is 4.55. The lowest BCUT2D eigenvalue weighted by atomic mass is 10.1. The zero-order chi connectivity index (χ0) is 20.4. The van der Waals surface area contributed by atoms with E-state index >= 15 is 0 Å². The van der Waals surface area contributed by atoms with Crippen molar-refractivity contribution in [2.75, 3.05) is 19.8 Å². The number of aromatic amines is 1. The van der Waals surface area contributed by atoms with Crippen LogP contribution >= 0.6 is 0 Å². The Hall–Kier alpha value is -3.58. The van der Waals surface area contributed by atoms with Crippen LogP contribution in [0.5, 0.6) is 0 Å². The van der Waals surface area contributed by atoms with E-state index in [1.807, 2.05) is 49.3 Å². The Morgan fingerprint density at radius 2 is 1.97 bits per heavy atom. The molecule has 0 unspecified atom stereocenters. The molecule has 3 N–H and O–H groups in total. The highest BCUT2D eigenvalue weighted by atomic mass is 19.1. The number of nitrogens with two attached hydrogens (primary N) is 1. The molecule has 146 valence electrons. The summed E-state index contributed by atoms with van der Waals surface area (Å²) in [5.41, 5.74) is 10.4. The van der Waals surface area contributed by atoms with Crippen LogP contribution in [0.3, 0.4) is 0 Å². The molecule has 0 bridgehead atoms. The van der Waals surface area contributed by atoms with Crippen LogP contribution in [-0.4, -0.2) is 39.2 Å². The summed E-state index contributed by atoms with van der Waals surface area (Å²) in [6.45, 7) is 0.700. The number of hydrogen-bond acceptors (Lipinski definition) is 5. The van der Waals surface area contributed by atoms with Gasteiger partial charge in [-0.05, 0) is 56.1 Å². The minimum Gasteiger partial charge on any atom is -0.368 e. The van der Waals surface area contributed by atoms with Gasteiger partial charge in [-0.3, -0.25) is 5.10 Å². The number of rotatable bonds is 5. The largest absolute Gasteiger partial charge is 0.368 e. The number of anilines is 1. The van der Waals surface area contributed by atoms with Crippen LogP contribution in [-0.2, 0) is 6.54 Å². The summed E-state index contributed by atoms with van der Waals surface area (Å²) in [6, 6.07) is 13.0. The Kier molecular flexibility index (Phi) is 5.05. The topological polar surface area (TPSA) is 83.7 Å². The van der Waals surface area contributed by atoms with E-state index in [2.05, 4.69) is 20.2 Å². The second kappa shape index (κ2) is 7.81. The third-order valence-electron chi connectivity index (χ3n) is 4.55. The normalized spacial score (nSPS) is 11.7. The quantitative estimate of drug-likeness (QED) is 0.540. The van der Waals surface area contributed by atoms with Gasteiger partial charge >= 0.3 is 0 Å². The van der Waals surface area contributed by atoms with E-state index in [0.29, 0.717) is 12.1 Å². The summed E-state index contributed by atoms with van der Waals surface area (Å²) >= 11 is 0. The first kappa shape index (κ1) is 18.8. The van der Waals surface area contributed by atoms with Crippen molar-refractivity contribution in [3.63, 3.8) is 0 Å². The second-order valence-electron chi connectivity index (χ2n) is 7.10. The van der Waals surface area contributed by atoms with Crippen molar-refractivity contribution in [3.8, 4) is 11.3 Å². The van der Waals surface area contributed by atoms with Gasteiger partial charge in [0.05, 0.1) is 16.9 Å². The molecule has 0 spiro atoms. The lowest BCUT2D eigenvalue weighted by molar-refractivity contribution is 0.401. The number of nitrogens with one attached hydrogen (secondary N) is 1. The van der Waals surface area contributed by atoms with E-state index in [4.69, 9.17) is 5.73 Å². The SMILES string of the molecule is CN(C)Cc1ccc(/C=C/c2n[nH]c3cc(-c4ccnc(N)n4)ccc23)c(F)c1. The highest BCUT2D eigenvalue weighted by Crippen LogP contribution is 2.25. The molecular formula is C22H21FN6. The summed E-state index contributed by atoms with van der Waals surface area (Å²) in [4.78, 5) is 10.2. The fourth-order valence-electron chi connectivity index (χ4n) is 3.20. The maximum atomic E-state index is 14.4. The van der Waals surface area contributed by atoms with E-state index in [0.717, 1.165) is 33.4 Å². The van der Waals surface area contributed by atoms with Crippen LogP contribution in [0.4, 0.5) is 10.3 Å². The van der Waals surface area contributed by atoms with Crippen molar-refractivity contribution in [1.29, 1.82) is 0 Å². The molecule has 4 rings (SSSR count). The first-order valence-electron chi connectivity index (χ1n) is 9.18. The number of halogens is 1. The Morgan fingerprint density at radius 3 is 2.72 bits per heavy atom. The number of nitrogens with zero attached hydrogens (tertiary/aromatic N) is 4. The predicted molar refractivity (Wildman–Crippen MR) is 114 cm³/mol. The molecule has 0 aliphatic carbocycles. The molecule has 4 aromatic rings. The van der Waals surface area contributed by atoms with Gasteiger partial charge in [0.25, 0.3) is 0 Å². The molecule has 0 fully saturated rings. The number of benzene rings is 2. The molecule has 2 heterocycles. The summed E-state index contributed by atoms with van der Waals surface area (Å²) in [6.07, 6.45) is 5.18. The lowest BCUT2D eigenvalue weighted by Gasteiger charge is -2.10. The first-order chi connectivity index (χ1) is 14.0. The maximum absolute atomic E-state index is 14.4. The molecule has 7 heteroatoms. The van der Waals surface area contributed by atoms with Gasteiger partial charge in [0.1, 0.15) is 5.82 Å². The molecule has 0 saturated carbocycles. The van der Waals surface area contributed by atoms with Crippen molar-refractivity contribution in [1.82, 2.24) is 25.1 Å². The molecule has 2 aromatic heterocycles. The number of fused-ring (bicyclic) bond motifs is 1. The van der Waals surface area contributed by atoms with Crippen molar-refractivity contribution < 1.29 is 4.39 Å². The molecule has 0 radical (unpaired) electrons. The summed E-state index contributed by atoms with van der Waals surface area (Å²) in [5.74, 6) is -0.0152. The molecular weight excluding hydrogens is 367 g/mol. The average Bonchev–Trinajstić information content (AvgIpc) is 3.09. The number of aromatic nitrogens is 4. The molecule has 0 atom stereocenters. The molecule has 0 amide bonds. The van der Waals surface area contributed by atoms with Gasteiger partial charge < -0.3 is 10.6 Å². The minimum absolute atomic E-state index is 0.231. The standard InChI is InChI=1S/C22H21FN6/c1-29(2)13-14-3-4-15(18(23)11-14)6-8-20-17-7-5-16(12-21(17)28-27-20)19-9-10-25-22(24)26-19/h3-12H,13H2,1-2H3,(H,27,28)(H2,24,25,26)/b8-6+. The number of H-pyrrole nitrogens is 1. The molecule has 0 aliphatic heterocycles. The van der Waals surface area contributed by atoms with Gasteiger partial charge in [-0.1, -0.05) is 18.2 Å². The Bertz CT molecular complexity index is 1200. The monoisotopic (exact) mass is 388 g/mol. The first-order valence-corrected chi connectivity index (χ1v) is 9.18. The van der Waals surface area contributed by atoms with Crippen molar-refractivity contribution >= 4 is 29.0 Å². The fourth-order valence-corrected chi connectivity index (χ4v) is 3.20. The molecule has 2 aromatic carbocycles. The van der Waals surface area contributed by atoms with Gasteiger partial charge in [-0.15, -0.1) is 0 Å². The highest BCUT2D eigenvalue weighted by molar-refractivity contribution is 5.91. The average molecular weight is 388 g/mol. The zero-order valence-electron chi connectivity index (χ0n) is 16.2. The van der Waals surface area contributed by atoms with Crippen LogP contribution in [0.1, 0.15) is 16.8 Å². The van der Waals surface area contributed by atoms with Crippen molar-refractivity contribution in [3.05, 3.63) is 71.3 Å². The zero-order valence-corrected chi connectivity index (χ0v) is 16.2. The highest BCUT2D eigenvalue weighted by Gasteiger charge is 2.08. The summed E-state index contributed by atoms with van der Waals surface area (Å²) in [7, 11) is 3.92. The molecule has 29 heavy (non-hydrogen) atoms. The summed E-state index contributed by atoms with van der Waals surface area (Å²) < 4.78 is 14.4. The molecule has 0 saturated heterocycles. The van der Waals surface area contributed by atoms with E-state index < -0.39 is 0 Å². The Balaban J connectivity index is 1.60. The van der Waals surface area contributed by atoms with Gasteiger partial charge in [0, 0.05) is 29.3 Å². The van der Waals surface area contributed by atoms with E-state index in [-0.39, 0.29) is 11.8 Å².